The van der Waals surface area contributed by atoms with Crippen molar-refractivity contribution in [2.75, 3.05) is 11.9 Å². The van der Waals surface area contributed by atoms with E-state index in [1.165, 1.54) is 10.9 Å². The maximum Gasteiger partial charge on any atom is 0.319 e. The monoisotopic (exact) mass is 314 g/mol. The molecule has 2 N–H and O–H groups in total. The number of carbonyl (C=O) groups is 1. The Labute approximate surface area is 135 Å². The number of nitrogens with one attached hydrogen (secondary N) is 2. The maximum absolute atomic E-state index is 12.0. The van der Waals surface area contributed by atoms with Crippen LogP contribution in [0.3, 0.4) is 0 Å². The molecule has 2 amide bonds. The van der Waals surface area contributed by atoms with E-state index in [-0.39, 0.29) is 11.6 Å². The van der Waals surface area contributed by atoms with Crippen LogP contribution in [0.5, 0.6) is 0 Å². The first-order chi connectivity index (χ1) is 10.9. The fourth-order valence-electron chi connectivity index (χ4n) is 2.35. The number of rotatable bonds is 4. The van der Waals surface area contributed by atoms with Crippen LogP contribution in [-0.2, 0) is 6.54 Å². The molecule has 1 aromatic heterocycles. The number of hydrogen-bond donors (Lipinski definition) is 2. The number of aromatic nitrogens is 2. The molecule has 0 atom stereocenters. The Morgan fingerprint density at radius 1 is 1.13 bits per heavy atom. The van der Waals surface area contributed by atoms with Crippen LogP contribution >= 0.6 is 0 Å². The van der Waals surface area contributed by atoms with Gasteiger partial charge in [-0.3, -0.25) is 9.36 Å². The van der Waals surface area contributed by atoms with Crippen molar-refractivity contribution in [3.8, 4) is 0 Å². The van der Waals surface area contributed by atoms with Gasteiger partial charge in [0.05, 0.1) is 6.33 Å². The van der Waals surface area contributed by atoms with Crippen molar-refractivity contribution in [2.45, 2.75) is 34.2 Å². The molecule has 0 aliphatic heterocycles. The highest BCUT2D eigenvalue weighted by atomic mass is 16.2. The quantitative estimate of drug-likeness (QED) is 0.909. The Balaban J connectivity index is 1.90. The molecule has 0 saturated heterocycles. The van der Waals surface area contributed by atoms with Crippen LogP contribution in [0.25, 0.3) is 0 Å². The summed E-state index contributed by atoms with van der Waals surface area (Å²) in [5.41, 5.74) is 4.22. The summed E-state index contributed by atoms with van der Waals surface area (Å²) in [4.78, 5) is 28.1. The van der Waals surface area contributed by atoms with E-state index in [2.05, 4.69) is 15.6 Å². The van der Waals surface area contributed by atoms with Crippen molar-refractivity contribution < 1.29 is 4.79 Å². The van der Waals surface area contributed by atoms with Gasteiger partial charge in [0.25, 0.3) is 5.56 Å². The molecule has 0 radical (unpaired) electrons. The van der Waals surface area contributed by atoms with Gasteiger partial charge in [0.2, 0.25) is 0 Å². The Bertz CT molecular complexity index is 760. The maximum atomic E-state index is 12.0. The predicted molar refractivity (Wildman–Crippen MR) is 90.9 cm³/mol. The zero-order valence-electron chi connectivity index (χ0n) is 13.9. The van der Waals surface area contributed by atoms with Gasteiger partial charge >= 0.3 is 6.03 Å². The Hall–Kier alpha value is -2.63. The molecule has 0 saturated carbocycles. The molecular formula is C17H22N4O2. The summed E-state index contributed by atoms with van der Waals surface area (Å²) in [5.74, 6) is 0. The highest BCUT2D eigenvalue weighted by molar-refractivity contribution is 5.89. The topological polar surface area (TPSA) is 76.0 Å². The standard InChI is InChI=1S/C17H22N4O2/c1-11-7-12(2)9-15(8-11)20-17(23)18-5-6-21-10-19-14(4)13(3)16(21)22/h7-10H,5-6H2,1-4H3,(H2,18,20,23). The number of hydrogen-bond acceptors (Lipinski definition) is 3. The van der Waals surface area contributed by atoms with Gasteiger partial charge in [0, 0.05) is 30.0 Å². The van der Waals surface area contributed by atoms with Crippen LogP contribution < -0.4 is 16.2 Å². The Morgan fingerprint density at radius 2 is 1.78 bits per heavy atom. The lowest BCUT2D eigenvalue weighted by Crippen LogP contribution is -2.34. The van der Waals surface area contributed by atoms with E-state index >= 15 is 0 Å². The van der Waals surface area contributed by atoms with Crippen molar-refractivity contribution in [1.82, 2.24) is 14.9 Å². The summed E-state index contributed by atoms with van der Waals surface area (Å²) in [6.45, 7) is 8.25. The lowest BCUT2D eigenvalue weighted by molar-refractivity contribution is 0.251. The molecule has 23 heavy (non-hydrogen) atoms. The second kappa shape index (κ2) is 7.09. The molecule has 0 fully saturated rings. The number of aryl methyl sites for hydroxylation is 3. The number of carbonyl (C=O) groups excluding carboxylic acids is 1. The summed E-state index contributed by atoms with van der Waals surface area (Å²) in [6, 6.07) is 5.57. The number of benzene rings is 1. The Kier molecular flexibility index (Phi) is 5.16. The minimum Gasteiger partial charge on any atom is -0.336 e. The van der Waals surface area contributed by atoms with Crippen molar-refractivity contribution in [2.24, 2.45) is 0 Å². The molecule has 6 nitrogen and oxygen atoms in total. The average molecular weight is 314 g/mol. The fourth-order valence-corrected chi connectivity index (χ4v) is 2.35. The second-order valence-electron chi connectivity index (χ2n) is 5.71. The van der Waals surface area contributed by atoms with E-state index in [1.54, 1.807) is 13.8 Å². The van der Waals surface area contributed by atoms with Crippen LogP contribution in [-0.4, -0.2) is 22.1 Å². The molecule has 0 aliphatic carbocycles. The minimum atomic E-state index is -0.292. The third kappa shape index (κ3) is 4.42. The minimum absolute atomic E-state index is 0.0750. The first kappa shape index (κ1) is 16.7. The summed E-state index contributed by atoms with van der Waals surface area (Å²) < 4.78 is 1.50. The molecule has 0 spiro atoms. The highest BCUT2D eigenvalue weighted by Gasteiger charge is 2.05. The number of urea groups is 1. The summed E-state index contributed by atoms with van der Waals surface area (Å²) in [6.07, 6.45) is 1.51. The lowest BCUT2D eigenvalue weighted by atomic mass is 10.1. The summed E-state index contributed by atoms with van der Waals surface area (Å²) in [5, 5.41) is 5.53. The van der Waals surface area contributed by atoms with Crippen LogP contribution in [0.2, 0.25) is 0 Å². The van der Waals surface area contributed by atoms with Gasteiger partial charge in [-0.1, -0.05) is 6.07 Å². The first-order valence-corrected chi connectivity index (χ1v) is 7.52. The summed E-state index contributed by atoms with van der Waals surface area (Å²) in [7, 11) is 0. The van der Waals surface area contributed by atoms with E-state index in [0.717, 1.165) is 22.5 Å². The van der Waals surface area contributed by atoms with Gasteiger partial charge in [-0.15, -0.1) is 0 Å². The average Bonchev–Trinajstić information content (AvgIpc) is 2.46. The molecule has 122 valence electrons. The van der Waals surface area contributed by atoms with Gasteiger partial charge in [0.15, 0.2) is 0 Å². The third-order valence-electron chi connectivity index (χ3n) is 3.63. The van der Waals surface area contributed by atoms with Crippen LogP contribution in [0.4, 0.5) is 10.5 Å². The molecule has 2 aromatic rings. The molecule has 1 heterocycles. The zero-order valence-corrected chi connectivity index (χ0v) is 13.9. The number of anilines is 1. The van der Waals surface area contributed by atoms with E-state index in [9.17, 15) is 9.59 Å². The normalized spacial score (nSPS) is 10.4. The number of amides is 2. The van der Waals surface area contributed by atoms with Crippen molar-refractivity contribution >= 4 is 11.7 Å². The van der Waals surface area contributed by atoms with Crippen LogP contribution in [0, 0.1) is 27.7 Å². The smallest absolute Gasteiger partial charge is 0.319 e. The van der Waals surface area contributed by atoms with E-state index in [4.69, 9.17) is 0 Å². The highest BCUT2D eigenvalue weighted by Crippen LogP contribution is 2.13. The third-order valence-corrected chi connectivity index (χ3v) is 3.63. The van der Waals surface area contributed by atoms with E-state index in [0.29, 0.717) is 18.7 Å². The van der Waals surface area contributed by atoms with Crippen molar-refractivity contribution in [3.63, 3.8) is 0 Å². The fraction of sp³-hybridized carbons (Fsp3) is 0.353. The molecule has 1 aromatic carbocycles. The molecule has 0 aliphatic rings. The van der Waals surface area contributed by atoms with Gasteiger partial charge in [0.1, 0.15) is 0 Å². The van der Waals surface area contributed by atoms with Gasteiger partial charge in [-0.25, -0.2) is 9.78 Å². The second-order valence-corrected chi connectivity index (χ2v) is 5.71. The zero-order chi connectivity index (χ0) is 17.0. The molecular weight excluding hydrogens is 292 g/mol. The van der Waals surface area contributed by atoms with Crippen molar-refractivity contribution in [3.05, 3.63) is 57.3 Å². The lowest BCUT2D eigenvalue weighted by Gasteiger charge is -2.11. The number of nitrogens with zero attached hydrogens (tertiary/aromatic N) is 2. The van der Waals surface area contributed by atoms with Crippen molar-refractivity contribution in [1.29, 1.82) is 0 Å². The van der Waals surface area contributed by atoms with E-state index in [1.807, 2.05) is 32.0 Å². The predicted octanol–water partition coefficient (Wildman–Crippen LogP) is 2.30. The molecule has 0 unspecified atom stereocenters. The Morgan fingerprint density at radius 3 is 2.43 bits per heavy atom. The van der Waals surface area contributed by atoms with Crippen LogP contribution in [0.1, 0.15) is 22.4 Å². The molecule has 2 rings (SSSR count). The largest absolute Gasteiger partial charge is 0.336 e. The van der Waals surface area contributed by atoms with Gasteiger partial charge < -0.3 is 10.6 Å². The van der Waals surface area contributed by atoms with Crippen LogP contribution in [0.15, 0.2) is 29.3 Å². The summed E-state index contributed by atoms with van der Waals surface area (Å²) >= 11 is 0. The SMILES string of the molecule is Cc1cc(C)cc(NC(=O)NCCn2cnc(C)c(C)c2=O)c1. The molecule has 6 heteroatoms. The first-order valence-electron chi connectivity index (χ1n) is 7.52. The van der Waals surface area contributed by atoms with Gasteiger partial charge in [-0.05, 0) is 51.0 Å². The van der Waals surface area contributed by atoms with Gasteiger partial charge in [-0.2, -0.15) is 0 Å². The van der Waals surface area contributed by atoms with E-state index < -0.39 is 0 Å². The molecule has 0 bridgehead atoms.